The zero-order chi connectivity index (χ0) is 11.5. The number of aliphatic hydroxyl groups is 1. The van der Waals surface area contributed by atoms with Gasteiger partial charge in [0.2, 0.25) is 0 Å². The number of carbonyl (C=O) groups excluding carboxylic acids is 1. The molecule has 0 spiro atoms. The molecule has 86 valence electrons. The number of thioether (sulfide) groups is 1. The molecule has 0 aromatic carbocycles. The maximum absolute atomic E-state index is 11.6. The first-order chi connectivity index (χ1) is 7.74. The largest absolute Gasteiger partial charge is 0.465 e. The van der Waals surface area contributed by atoms with Crippen molar-refractivity contribution in [2.75, 3.05) is 6.61 Å². The lowest BCUT2D eigenvalue weighted by Gasteiger charge is -2.27. The number of fused-ring (bicyclic) bond motifs is 1. The fourth-order valence-corrected chi connectivity index (χ4v) is 2.80. The van der Waals surface area contributed by atoms with E-state index in [-0.39, 0.29) is 5.97 Å². The molecular formula is C11H13NO3S. The Labute approximate surface area is 98.0 Å². The van der Waals surface area contributed by atoms with Crippen molar-refractivity contribution in [2.24, 2.45) is 0 Å². The van der Waals surface area contributed by atoms with Crippen LogP contribution in [-0.4, -0.2) is 27.9 Å². The van der Waals surface area contributed by atoms with Gasteiger partial charge in [-0.25, -0.2) is 0 Å². The van der Waals surface area contributed by atoms with Crippen LogP contribution in [0.25, 0.3) is 0 Å². The van der Waals surface area contributed by atoms with E-state index in [9.17, 15) is 9.90 Å². The Morgan fingerprint density at radius 1 is 1.75 bits per heavy atom. The van der Waals surface area contributed by atoms with Gasteiger partial charge in [-0.3, -0.25) is 9.78 Å². The molecule has 4 nitrogen and oxygen atoms in total. The second kappa shape index (κ2) is 4.84. The molecule has 0 aliphatic carbocycles. The molecule has 1 aromatic heterocycles. The summed E-state index contributed by atoms with van der Waals surface area (Å²) in [6.45, 7) is 2.09. The molecule has 0 saturated heterocycles. The normalized spacial score (nSPS) is 23.6. The predicted molar refractivity (Wildman–Crippen MR) is 60.9 cm³/mol. The van der Waals surface area contributed by atoms with E-state index in [1.54, 1.807) is 25.3 Å². The second-order valence-corrected chi connectivity index (χ2v) is 4.60. The lowest BCUT2D eigenvalue weighted by atomic mass is 10.0. The summed E-state index contributed by atoms with van der Waals surface area (Å²) in [4.78, 5) is 15.8. The summed E-state index contributed by atoms with van der Waals surface area (Å²) in [6.07, 6.45) is 0.873. The van der Waals surface area contributed by atoms with E-state index in [0.717, 1.165) is 11.3 Å². The summed E-state index contributed by atoms with van der Waals surface area (Å²) in [5.74, 6) is 0.283. The predicted octanol–water partition coefficient (Wildman–Crippen LogP) is 1.29. The van der Waals surface area contributed by atoms with Gasteiger partial charge < -0.3 is 9.84 Å². The minimum absolute atomic E-state index is 0.336. The van der Waals surface area contributed by atoms with Gasteiger partial charge in [-0.05, 0) is 13.0 Å². The van der Waals surface area contributed by atoms with Crippen LogP contribution in [0.1, 0.15) is 24.3 Å². The van der Waals surface area contributed by atoms with E-state index in [4.69, 9.17) is 4.74 Å². The molecule has 5 heteroatoms. The number of hydrogen-bond acceptors (Lipinski definition) is 5. The molecule has 2 unspecified atom stereocenters. The monoisotopic (exact) mass is 239 g/mol. The summed E-state index contributed by atoms with van der Waals surface area (Å²) in [6, 6.07) is 3.57. The van der Waals surface area contributed by atoms with Crippen molar-refractivity contribution in [3.8, 4) is 0 Å². The third-order valence-electron chi connectivity index (χ3n) is 2.45. The fourth-order valence-electron chi connectivity index (χ4n) is 1.68. The van der Waals surface area contributed by atoms with Crippen LogP contribution in [0, 0.1) is 0 Å². The first-order valence-corrected chi connectivity index (χ1v) is 6.19. The molecule has 0 saturated carbocycles. The molecule has 1 aliphatic heterocycles. The van der Waals surface area contributed by atoms with Crippen molar-refractivity contribution in [1.82, 2.24) is 4.98 Å². The van der Waals surface area contributed by atoms with Crippen LogP contribution < -0.4 is 0 Å². The van der Waals surface area contributed by atoms with E-state index >= 15 is 0 Å². The van der Waals surface area contributed by atoms with Gasteiger partial charge in [-0.1, -0.05) is 6.07 Å². The third-order valence-corrected chi connectivity index (χ3v) is 3.70. The number of rotatable bonds is 2. The van der Waals surface area contributed by atoms with Crippen molar-refractivity contribution >= 4 is 17.7 Å². The summed E-state index contributed by atoms with van der Waals surface area (Å²) in [7, 11) is 0. The lowest BCUT2D eigenvalue weighted by molar-refractivity contribution is -0.144. The van der Waals surface area contributed by atoms with Crippen molar-refractivity contribution in [1.29, 1.82) is 0 Å². The molecular weight excluding hydrogens is 226 g/mol. The highest BCUT2D eigenvalue weighted by Gasteiger charge is 2.35. The number of carbonyl (C=O) groups is 1. The Morgan fingerprint density at radius 2 is 2.56 bits per heavy atom. The van der Waals surface area contributed by atoms with E-state index in [1.165, 1.54) is 11.8 Å². The molecule has 1 aromatic rings. The highest BCUT2D eigenvalue weighted by molar-refractivity contribution is 7.99. The van der Waals surface area contributed by atoms with Gasteiger partial charge in [0, 0.05) is 17.5 Å². The van der Waals surface area contributed by atoms with Crippen molar-refractivity contribution in [2.45, 2.75) is 24.0 Å². The number of aromatic nitrogens is 1. The van der Waals surface area contributed by atoms with Gasteiger partial charge in [0.25, 0.3) is 0 Å². The smallest absolute Gasteiger partial charge is 0.322 e. The molecule has 2 atom stereocenters. The van der Waals surface area contributed by atoms with Crippen LogP contribution in [0.4, 0.5) is 0 Å². The molecule has 1 N–H and O–H groups in total. The van der Waals surface area contributed by atoms with Gasteiger partial charge in [0.05, 0.1) is 12.3 Å². The zero-order valence-electron chi connectivity index (χ0n) is 8.92. The summed E-state index contributed by atoms with van der Waals surface area (Å²) in [5.41, 5.74) is 1.58. The third kappa shape index (κ3) is 2.05. The molecule has 1 aliphatic rings. The van der Waals surface area contributed by atoms with Gasteiger partial charge in [0.1, 0.15) is 11.4 Å². The number of aliphatic hydroxyl groups excluding tert-OH is 1. The minimum Gasteiger partial charge on any atom is -0.465 e. The fraction of sp³-hybridized carbons (Fsp3) is 0.455. The maximum atomic E-state index is 11.6. The Hall–Kier alpha value is -1.07. The van der Waals surface area contributed by atoms with Gasteiger partial charge in [0.15, 0.2) is 0 Å². The van der Waals surface area contributed by atoms with Crippen LogP contribution in [-0.2, 0) is 15.3 Å². The van der Waals surface area contributed by atoms with Gasteiger partial charge in [-0.2, -0.15) is 0 Å². The SMILES string of the molecule is CCOC(=O)C1SCc2ncccc2C1O. The Morgan fingerprint density at radius 3 is 3.31 bits per heavy atom. The maximum Gasteiger partial charge on any atom is 0.322 e. The highest BCUT2D eigenvalue weighted by Crippen LogP contribution is 2.36. The van der Waals surface area contributed by atoms with Crippen LogP contribution >= 0.6 is 11.8 Å². The highest BCUT2D eigenvalue weighted by atomic mass is 32.2. The summed E-state index contributed by atoms with van der Waals surface area (Å²) >= 11 is 1.37. The van der Waals surface area contributed by atoms with Gasteiger partial charge in [-0.15, -0.1) is 11.8 Å². The number of esters is 1. The first kappa shape index (κ1) is 11.4. The molecule has 0 radical (unpaired) electrons. The first-order valence-electron chi connectivity index (χ1n) is 5.14. The zero-order valence-corrected chi connectivity index (χ0v) is 9.74. The Balaban J connectivity index is 2.21. The molecule has 2 heterocycles. The van der Waals surface area contributed by atoms with Crippen LogP contribution in [0.3, 0.4) is 0 Å². The van der Waals surface area contributed by atoms with E-state index in [2.05, 4.69) is 4.98 Å². The number of hydrogen-bond donors (Lipinski definition) is 1. The van der Waals surface area contributed by atoms with Crippen molar-refractivity contribution < 1.29 is 14.6 Å². The molecule has 2 rings (SSSR count). The number of pyridine rings is 1. The lowest BCUT2D eigenvalue weighted by Crippen LogP contribution is -2.31. The molecule has 0 fully saturated rings. The molecule has 0 amide bonds. The summed E-state index contributed by atoms with van der Waals surface area (Å²) in [5, 5.41) is 9.53. The van der Waals surface area contributed by atoms with Crippen LogP contribution in [0.15, 0.2) is 18.3 Å². The van der Waals surface area contributed by atoms with E-state index in [1.807, 2.05) is 0 Å². The Kier molecular flexibility index (Phi) is 3.46. The van der Waals surface area contributed by atoms with Crippen LogP contribution in [0.5, 0.6) is 0 Å². The quantitative estimate of drug-likeness (QED) is 0.788. The Bertz CT molecular complexity index is 397. The van der Waals surface area contributed by atoms with Gasteiger partial charge >= 0.3 is 5.97 Å². The van der Waals surface area contributed by atoms with Crippen molar-refractivity contribution in [3.05, 3.63) is 29.6 Å². The average Bonchev–Trinajstić information content (AvgIpc) is 2.30. The topological polar surface area (TPSA) is 59.4 Å². The van der Waals surface area contributed by atoms with E-state index < -0.39 is 11.4 Å². The number of nitrogens with zero attached hydrogens (tertiary/aromatic N) is 1. The number of ether oxygens (including phenoxy) is 1. The minimum atomic E-state index is -0.818. The second-order valence-electron chi connectivity index (χ2n) is 3.47. The summed E-state index contributed by atoms with van der Waals surface area (Å²) < 4.78 is 4.93. The van der Waals surface area contributed by atoms with Crippen molar-refractivity contribution in [3.63, 3.8) is 0 Å². The average molecular weight is 239 g/mol. The van der Waals surface area contributed by atoms with E-state index in [0.29, 0.717) is 12.4 Å². The molecule has 16 heavy (non-hydrogen) atoms. The standard InChI is InChI=1S/C11H13NO3S/c1-2-15-11(14)10-9(13)7-4-3-5-12-8(7)6-16-10/h3-5,9-10,13H,2,6H2,1H3. The van der Waals surface area contributed by atoms with Crippen LogP contribution in [0.2, 0.25) is 0 Å². The molecule has 0 bridgehead atoms.